The molecule has 0 unspecified atom stereocenters. The molecule has 0 aromatic heterocycles. The molecule has 0 aromatic carbocycles. The largest absolute Gasteiger partial charge is 0.500 e. The highest BCUT2D eigenvalue weighted by atomic mass is 28.4. The number of nitrogens with one attached hydrogen (secondary N) is 3. The van der Waals surface area contributed by atoms with Gasteiger partial charge < -0.3 is 28.7 Å². The van der Waals surface area contributed by atoms with Crippen LogP contribution in [-0.4, -0.2) is 87.4 Å². The zero-order valence-electron chi connectivity index (χ0n) is 20.7. The Hall–Kier alpha value is -0.393. The lowest BCUT2D eigenvalue weighted by Crippen LogP contribution is -2.42. The number of hydrogen-bond acceptors (Lipinski definition) is 8. The standard InChI is InChI=1S/C22H50N4O4Si/c1-5-23-21-24-15-18-26(22-25-16-19-27)17-13-11-9-7-6-8-10-12-14-20-31(28-2,29-3)30-4/h19,23-25H,5-18,20-22H2,1-4H3. The summed E-state index contributed by atoms with van der Waals surface area (Å²) in [6.07, 6.45) is 12.3. The highest BCUT2D eigenvalue weighted by Gasteiger charge is 2.36. The van der Waals surface area contributed by atoms with Crippen LogP contribution in [0.2, 0.25) is 6.04 Å². The molecule has 8 nitrogen and oxygen atoms in total. The predicted molar refractivity (Wildman–Crippen MR) is 130 cm³/mol. The summed E-state index contributed by atoms with van der Waals surface area (Å²) in [5.74, 6) is 0. The molecular formula is C22H50N4O4Si. The average Bonchev–Trinajstić information content (AvgIpc) is 2.80. The first-order valence-corrected chi connectivity index (χ1v) is 14.0. The van der Waals surface area contributed by atoms with Gasteiger partial charge in [-0.05, 0) is 25.9 Å². The molecule has 0 rings (SSSR count). The SMILES string of the molecule is CCNCNCCN(CCCCCCCCCCC[Si](OC)(OC)OC)CNCC=O. The van der Waals surface area contributed by atoms with Crippen LogP contribution in [0.1, 0.15) is 64.7 Å². The van der Waals surface area contributed by atoms with Crippen LogP contribution in [0.4, 0.5) is 0 Å². The second-order valence-electron chi connectivity index (χ2n) is 7.90. The monoisotopic (exact) mass is 462 g/mol. The normalized spacial score (nSPS) is 12.0. The van der Waals surface area contributed by atoms with Gasteiger partial charge in [0.2, 0.25) is 0 Å². The van der Waals surface area contributed by atoms with E-state index in [1.54, 1.807) is 21.3 Å². The van der Waals surface area contributed by atoms with Crippen molar-refractivity contribution in [2.45, 2.75) is 70.8 Å². The van der Waals surface area contributed by atoms with Crippen LogP contribution in [0, 0.1) is 0 Å². The third-order valence-electron chi connectivity index (χ3n) is 5.56. The molecule has 0 aliphatic carbocycles. The highest BCUT2D eigenvalue weighted by molar-refractivity contribution is 6.60. The lowest BCUT2D eigenvalue weighted by Gasteiger charge is -2.24. The van der Waals surface area contributed by atoms with Gasteiger partial charge in [-0.1, -0.05) is 51.9 Å². The molecule has 31 heavy (non-hydrogen) atoms. The Morgan fingerprint density at radius 2 is 1.35 bits per heavy atom. The minimum atomic E-state index is -2.38. The minimum Gasteiger partial charge on any atom is -0.377 e. The van der Waals surface area contributed by atoms with E-state index in [0.29, 0.717) is 6.54 Å². The van der Waals surface area contributed by atoms with Gasteiger partial charge in [-0.15, -0.1) is 0 Å². The Morgan fingerprint density at radius 3 is 1.90 bits per heavy atom. The molecule has 0 fully saturated rings. The first kappa shape index (κ1) is 30.6. The van der Waals surface area contributed by atoms with E-state index in [1.807, 2.05) is 0 Å². The average molecular weight is 463 g/mol. The molecule has 0 heterocycles. The van der Waals surface area contributed by atoms with E-state index in [4.69, 9.17) is 13.3 Å². The molecule has 0 spiro atoms. The van der Waals surface area contributed by atoms with Crippen molar-refractivity contribution in [1.29, 1.82) is 0 Å². The summed E-state index contributed by atoms with van der Waals surface area (Å²) in [7, 11) is 2.67. The Kier molecular flexibility index (Phi) is 22.5. The summed E-state index contributed by atoms with van der Waals surface area (Å²) >= 11 is 0. The Balaban J connectivity index is 3.68. The van der Waals surface area contributed by atoms with E-state index in [-0.39, 0.29) is 0 Å². The summed E-state index contributed by atoms with van der Waals surface area (Å²) in [4.78, 5) is 12.9. The van der Waals surface area contributed by atoms with E-state index < -0.39 is 8.80 Å². The highest BCUT2D eigenvalue weighted by Crippen LogP contribution is 2.18. The van der Waals surface area contributed by atoms with Gasteiger partial charge in [0.25, 0.3) is 0 Å². The molecule has 9 heteroatoms. The van der Waals surface area contributed by atoms with Crippen LogP contribution in [0.25, 0.3) is 0 Å². The summed E-state index contributed by atoms with van der Waals surface area (Å²) < 4.78 is 16.4. The van der Waals surface area contributed by atoms with Crippen molar-refractivity contribution in [3.8, 4) is 0 Å². The molecule has 0 aliphatic rings. The van der Waals surface area contributed by atoms with E-state index in [2.05, 4.69) is 27.8 Å². The summed E-state index contributed by atoms with van der Waals surface area (Å²) in [6, 6.07) is 0.902. The van der Waals surface area contributed by atoms with Crippen LogP contribution in [-0.2, 0) is 18.1 Å². The fourth-order valence-electron chi connectivity index (χ4n) is 3.56. The van der Waals surface area contributed by atoms with Gasteiger partial charge in [0.15, 0.2) is 0 Å². The first-order chi connectivity index (χ1) is 15.2. The number of nitrogens with zero attached hydrogens (tertiary/aromatic N) is 1. The fourth-order valence-corrected chi connectivity index (χ4v) is 5.36. The molecular weight excluding hydrogens is 412 g/mol. The van der Waals surface area contributed by atoms with Gasteiger partial charge in [0.05, 0.1) is 6.54 Å². The van der Waals surface area contributed by atoms with Crippen molar-refractivity contribution in [3.63, 3.8) is 0 Å². The van der Waals surface area contributed by atoms with Gasteiger partial charge in [-0.25, -0.2) is 0 Å². The summed E-state index contributed by atoms with van der Waals surface area (Å²) in [5, 5.41) is 9.85. The van der Waals surface area contributed by atoms with E-state index in [1.165, 1.54) is 51.4 Å². The first-order valence-electron chi connectivity index (χ1n) is 12.1. The lowest BCUT2D eigenvalue weighted by molar-refractivity contribution is -0.107. The lowest BCUT2D eigenvalue weighted by atomic mass is 10.1. The third kappa shape index (κ3) is 17.8. The van der Waals surface area contributed by atoms with Gasteiger partial charge in [-0.2, -0.15) is 0 Å². The maximum Gasteiger partial charge on any atom is 0.500 e. The minimum absolute atomic E-state index is 0.424. The zero-order chi connectivity index (χ0) is 23.0. The van der Waals surface area contributed by atoms with E-state index >= 15 is 0 Å². The second kappa shape index (κ2) is 22.8. The van der Waals surface area contributed by atoms with Crippen LogP contribution in [0.3, 0.4) is 0 Å². The number of carbonyl (C=O) groups is 1. The van der Waals surface area contributed by atoms with Crippen molar-refractivity contribution in [2.75, 3.05) is 67.4 Å². The molecule has 0 amide bonds. The molecule has 0 aliphatic heterocycles. The quantitative estimate of drug-likeness (QED) is 0.0826. The molecule has 0 aromatic rings. The van der Waals surface area contributed by atoms with E-state index in [9.17, 15) is 4.79 Å². The Bertz CT molecular complexity index is 382. The second-order valence-corrected chi connectivity index (χ2v) is 11.0. The van der Waals surface area contributed by atoms with Gasteiger partial charge in [0.1, 0.15) is 6.29 Å². The zero-order valence-corrected chi connectivity index (χ0v) is 21.7. The number of carbonyl (C=O) groups excluding carboxylic acids is 1. The van der Waals surface area contributed by atoms with Crippen molar-refractivity contribution >= 4 is 15.1 Å². The molecule has 0 bridgehead atoms. The van der Waals surface area contributed by atoms with Crippen LogP contribution in [0.5, 0.6) is 0 Å². The number of hydrogen-bond donors (Lipinski definition) is 3. The molecule has 0 atom stereocenters. The van der Waals surface area contributed by atoms with Crippen molar-refractivity contribution in [2.24, 2.45) is 0 Å². The van der Waals surface area contributed by atoms with E-state index in [0.717, 1.165) is 58.3 Å². The fraction of sp³-hybridized carbons (Fsp3) is 0.955. The summed E-state index contributed by atoms with van der Waals surface area (Å²) in [6.45, 7) is 8.17. The summed E-state index contributed by atoms with van der Waals surface area (Å²) in [5.41, 5.74) is 0. The van der Waals surface area contributed by atoms with Crippen molar-refractivity contribution in [1.82, 2.24) is 20.9 Å². The third-order valence-corrected chi connectivity index (χ3v) is 8.39. The number of rotatable bonds is 25. The molecule has 0 saturated carbocycles. The number of aldehydes is 1. The maximum absolute atomic E-state index is 10.5. The van der Waals surface area contributed by atoms with Crippen molar-refractivity contribution < 1.29 is 18.1 Å². The Morgan fingerprint density at radius 1 is 0.774 bits per heavy atom. The van der Waals surface area contributed by atoms with Gasteiger partial charge >= 0.3 is 8.80 Å². The molecule has 0 saturated heterocycles. The molecule has 0 radical (unpaired) electrons. The molecule has 186 valence electrons. The van der Waals surface area contributed by atoms with Gasteiger partial charge in [0, 0.05) is 53.8 Å². The van der Waals surface area contributed by atoms with Crippen molar-refractivity contribution in [3.05, 3.63) is 0 Å². The predicted octanol–water partition coefficient (Wildman–Crippen LogP) is 2.58. The van der Waals surface area contributed by atoms with Crippen LogP contribution < -0.4 is 16.0 Å². The smallest absolute Gasteiger partial charge is 0.377 e. The van der Waals surface area contributed by atoms with Crippen LogP contribution in [0.15, 0.2) is 0 Å². The maximum atomic E-state index is 10.5. The Labute approximate surface area is 192 Å². The number of unbranched alkanes of at least 4 members (excludes halogenated alkanes) is 8. The van der Waals surface area contributed by atoms with Crippen LogP contribution >= 0.6 is 0 Å². The van der Waals surface area contributed by atoms with Gasteiger partial charge in [-0.3, -0.25) is 10.2 Å². The molecule has 3 N–H and O–H groups in total. The topological polar surface area (TPSA) is 84.1 Å².